The van der Waals surface area contributed by atoms with Crippen molar-refractivity contribution in [1.82, 2.24) is 0 Å². The molecule has 1 N–H and O–H groups in total. The van der Waals surface area contributed by atoms with E-state index >= 15 is 0 Å². The van der Waals surface area contributed by atoms with Crippen LogP contribution in [0.3, 0.4) is 0 Å². The van der Waals surface area contributed by atoms with Crippen LogP contribution < -0.4 is 0 Å². The first-order valence-corrected chi connectivity index (χ1v) is 8.18. The van der Waals surface area contributed by atoms with Crippen LogP contribution in [0.4, 0.5) is 4.79 Å². The molecule has 1 aromatic carbocycles. The summed E-state index contributed by atoms with van der Waals surface area (Å²) in [5, 5.41) is 9.25. The molecule has 1 aromatic rings. The number of rotatable bonds is 9. The topological polar surface area (TPSA) is 65.0 Å². The first-order valence-electron chi connectivity index (χ1n) is 8.18. The van der Waals surface area contributed by atoms with Gasteiger partial charge in [0.25, 0.3) is 0 Å². The van der Waals surface area contributed by atoms with Crippen molar-refractivity contribution in [3.8, 4) is 0 Å². The Morgan fingerprint density at radius 3 is 2.58 bits per heavy atom. The zero-order valence-electron chi connectivity index (χ0n) is 13.9. The van der Waals surface area contributed by atoms with Gasteiger partial charge in [0.05, 0.1) is 13.2 Å². The molecule has 0 spiro atoms. The maximum atomic E-state index is 11.3. The van der Waals surface area contributed by atoms with Gasteiger partial charge in [-0.05, 0) is 19.4 Å². The Hall–Kier alpha value is -2.11. The van der Waals surface area contributed by atoms with E-state index in [9.17, 15) is 9.90 Å². The standard InChI is InChI=1S/C19H24O5/c1-2-22-14-15-23-13-11-17-10-6-7-12-19(17,24-18(20)21)16-8-4-3-5-9-16/h3-10,12,17H,2,11,13-15H2,1H3,(H,20,21). The second-order valence-electron chi connectivity index (χ2n) is 5.48. The monoisotopic (exact) mass is 332 g/mol. The highest BCUT2D eigenvalue weighted by molar-refractivity contribution is 5.59. The summed E-state index contributed by atoms with van der Waals surface area (Å²) in [7, 11) is 0. The molecule has 0 fully saturated rings. The van der Waals surface area contributed by atoms with Gasteiger partial charge in [0.1, 0.15) is 0 Å². The van der Waals surface area contributed by atoms with Gasteiger partial charge >= 0.3 is 6.16 Å². The van der Waals surface area contributed by atoms with E-state index in [0.717, 1.165) is 5.56 Å². The second kappa shape index (κ2) is 9.25. The quantitative estimate of drug-likeness (QED) is 0.551. The lowest BCUT2D eigenvalue weighted by molar-refractivity contribution is -0.0284. The maximum Gasteiger partial charge on any atom is 0.507 e. The molecule has 0 radical (unpaired) electrons. The molecule has 5 heteroatoms. The van der Waals surface area contributed by atoms with E-state index in [2.05, 4.69) is 0 Å². The predicted molar refractivity (Wildman–Crippen MR) is 90.9 cm³/mol. The van der Waals surface area contributed by atoms with E-state index in [-0.39, 0.29) is 5.92 Å². The largest absolute Gasteiger partial charge is 0.507 e. The number of carboxylic acid groups (broad SMARTS) is 1. The van der Waals surface area contributed by atoms with E-state index in [1.54, 1.807) is 6.08 Å². The van der Waals surface area contributed by atoms with Crippen molar-refractivity contribution in [1.29, 1.82) is 0 Å². The zero-order valence-corrected chi connectivity index (χ0v) is 13.9. The van der Waals surface area contributed by atoms with Crippen molar-refractivity contribution >= 4 is 6.16 Å². The Morgan fingerprint density at radius 2 is 1.88 bits per heavy atom. The summed E-state index contributed by atoms with van der Waals surface area (Å²) >= 11 is 0. The van der Waals surface area contributed by atoms with Crippen LogP contribution >= 0.6 is 0 Å². The van der Waals surface area contributed by atoms with Crippen LogP contribution in [-0.4, -0.2) is 37.7 Å². The molecule has 2 atom stereocenters. The minimum atomic E-state index is -1.29. The molecule has 0 amide bonds. The molecule has 2 rings (SSSR count). The van der Waals surface area contributed by atoms with Gasteiger partial charge in [-0.3, -0.25) is 0 Å². The Kier molecular flexibility index (Phi) is 7.03. The van der Waals surface area contributed by atoms with E-state index in [4.69, 9.17) is 14.2 Å². The lowest BCUT2D eigenvalue weighted by atomic mass is 9.76. The fourth-order valence-electron chi connectivity index (χ4n) is 2.87. The number of ether oxygens (including phenoxy) is 3. The van der Waals surface area contributed by atoms with E-state index < -0.39 is 11.8 Å². The first kappa shape index (κ1) is 18.2. The van der Waals surface area contributed by atoms with Crippen molar-refractivity contribution in [3.05, 3.63) is 60.2 Å². The van der Waals surface area contributed by atoms with Crippen LogP contribution in [-0.2, 0) is 19.8 Å². The molecule has 0 aliphatic heterocycles. The van der Waals surface area contributed by atoms with Crippen LogP contribution in [0.1, 0.15) is 18.9 Å². The zero-order chi connectivity index (χ0) is 17.3. The molecular formula is C19H24O5. The van der Waals surface area contributed by atoms with Crippen LogP contribution in [0.2, 0.25) is 0 Å². The summed E-state index contributed by atoms with van der Waals surface area (Å²) in [5.41, 5.74) is -0.210. The molecule has 0 aromatic heterocycles. The van der Waals surface area contributed by atoms with Crippen molar-refractivity contribution in [2.24, 2.45) is 5.92 Å². The third-order valence-corrected chi connectivity index (χ3v) is 3.98. The summed E-state index contributed by atoms with van der Waals surface area (Å²) < 4.78 is 16.2. The third-order valence-electron chi connectivity index (χ3n) is 3.98. The molecular weight excluding hydrogens is 308 g/mol. The minimum Gasteiger partial charge on any atom is -0.450 e. The molecule has 0 bridgehead atoms. The Morgan fingerprint density at radius 1 is 1.12 bits per heavy atom. The molecule has 0 heterocycles. The molecule has 24 heavy (non-hydrogen) atoms. The summed E-state index contributed by atoms with van der Waals surface area (Å²) in [6.45, 7) is 4.21. The Labute approximate surface area is 142 Å². The van der Waals surface area contributed by atoms with Gasteiger partial charge in [-0.25, -0.2) is 4.79 Å². The highest BCUT2D eigenvalue weighted by atomic mass is 16.7. The third kappa shape index (κ3) is 4.69. The van der Waals surface area contributed by atoms with E-state index in [1.165, 1.54) is 0 Å². The van der Waals surface area contributed by atoms with Gasteiger partial charge in [0, 0.05) is 24.7 Å². The molecule has 5 nitrogen and oxygen atoms in total. The SMILES string of the molecule is CCOCCOCCC1C=CC=CC1(OC(=O)O)c1ccccc1. The van der Waals surface area contributed by atoms with Gasteiger partial charge in [-0.15, -0.1) is 0 Å². The predicted octanol–water partition coefficient (Wildman–Crippen LogP) is 3.76. The van der Waals surface area contributed by atoms with Crippen LogP contribution in [0.15, 0.2) is 54.6 Å². The highest BCUT2D eigenvalue weighted by Gasteiger charge is 2.41. The molecule has 130 valence electrons. The van der Waals surface area contributed by atoms with E-state index in [0.29, 0.717) is 32.8 Å². The average molecular weight is 332 g/mol. The van der Waals surface area contributed by atoms with Gasteiger partial charge in [0.2, 0.25) is 0 Å². The molecule has 0 saturated heterocycles. The highest BCUT2D eigenvalue weighted by Crippen LogP contribution is 2.40. The van der Waals surface area contributed by atoms with Crippen LogP contribution in [0, 0.1) is 5.92 Å². The summed E-state index contributed by atoms with van der Waals surface area (Å²) in [4.78, 5) is 11.3. The van der Waals surface area contributed by atoms with E-state index in [1.807, 2.05) is 55.5 Å². The number of benzene rings is 1. The number of hydrogen-bond acceptors (Lipinski definition) is 4. The second-order valence-corrected chi connectivity index (χ2v) is 5.48. The Balaban J connectivity index is 2.09. The lowest BCUT2D eigenvalue weighted by Crippen LogP contribution is -2.39. The van der Waals surface area contributed by atoms with Gasteiger partial charge < -0.3 is 19.3 Å². The van der Waals surface area contributed by atoms with Crippen molar-refractivity contribution in [3.63, 3.8) is 0 Å². The fourth-order valence-corrected chi connectivity index (χ4v) is 2.87. The summed E-state index contributed by atoms with van der Waals surface area (Å²) in [6, 6.07) is 9.42. The van der Waals surface area contributed by atoms with Crippen LogP contribution in [0.5, 0.6) is 0 Å². The normalized spacial score (nSPS) is 22.5. The summed E-state index contributed by atoms with van der Waals surface area (Å²) in [5.74, 6) is -0.131. The average Bonchev–Trinajstić information content (AvgIpc) is 2.59. The fraction of sp³-hybridized carbons (Fsp3) is 0.421. The smallest absolute Gasteiger partial charge is 0.450 e. The van der Waals surface area contributed by atoms with Crippen molar-refractivity contribution < 1.29 is 24.1 Å². The maximum absolute atomic E-state index is 11.3. The minimum absolute atomic E-state index is 0.131. The molecule has 1 aliphatic carbocycles. The summed E-state index contributed by atoms with van der Waals surface area (Å²) in [6.07, 6.45) is 6.87. The number of hydrogen-bond donors (Lipinski definition) is 1. The Bertz CT molecular complexity index is 566. The van der Waals surface area contributed by atoms with Crippen LogP contribution in [0.25, 0.3) is 0 Å². The molecule has 0 saturated carbocycles. The molecule has 1 aliphatic rings. The van der Waals surface area contributed by atoms with Gasteiger partial charge in [0.15, 0.2) is 5.60 Å². The number of allylic oxidation sites excluding steroid dienone is 2. The van der Waals surface area contributed by atoms with Crippen molar-refractivity contribution in [2.45, 2.75) is 18.9 Å². The molecule has 2 unspecified atom stereocenters. The first-order chi connectivity index (χ1) is 11.7. The number of carbonyl (C=O) groups is 1. The lowest BCUT2D eigenvalue weighted by Gasteiger charge is -2.37. The van der Waals surface area contributed by atoms with Gasteiger partial charge in [-0.2, -0.15) is 0 Å². The van der Waals surface area contributed by atoms with Gasteiger partial charge in [-0.1, -0.05) is 48.6 Å². The van der Waals surface area contributed by atoms with Crippen molar-refractivity contribution in [2.75, 3.05) is 26.4 Å².